The average molecular weight is 381 g/mol. The van der Waals surface area contributed by atoms with E-state index in [-0.39, 0.29) is 11.8 Å². The van der Waals surface area contributed by atoms with Crippen molar-refractivity contribution in [1.82, 2.24) is 20.5 Å². The van der Waals surface area contributed by atoms with Crippen LogP contribution in [0.2, 0.25) is 0 Å². The summed E-state index contributed by atoms with van der Waals surface area (Å²) in [5, 5.41) is 14.6. The second-order valence-electron chi connectivity index (χ2n) is 5.77. The van der Waals surface area contributed by atoms with E-state index in [0.29, 0.717) is 36.5 Å². The zero-order chi connectivity index (χ0) is 18.9. The monoisotopic (exact) mass is 381 g/mol. The Morgan fingerprint density at radius 2 is 1.81 bits per heavy atom. The van der Waals surface area contributed by atoms with Gasteiger partial charge >= 0.3 is 0 Å². The first-order valence-electron chi connectivity index (χ1n) is 8.56. The molecule has 0 spiro atoms. The summed E-state index contributed by atoms with van der Waals surface area (Å²) in [4.78, 5) is 28.2. The van der Waals surface area contributed by atoms with Crippen molar-refractivity contribution in [2.45, 2.75) is 25.8 Å². The summed E-state index contributed by atoms with van der Waals surface area (Å²) in [5.41, 5.74) is 1.54. The Balaban J connectivity index is 1.40. The van der Waals surface area contributed by atoms with Crippen LogP contribution in [0.25, 0.3) is 0 Å². The Morgan fingerprint density at radius 3 is 2.59 bits per heavy atom. The van der Waals surface area contributed by atoms with Gasteiger partial charge in [0.2, 0.25) is 10.9 Å². The lowest BCUT2D eigenvalue weighted by Gasteiger charge is -2.03. The SMILES string of the molecule is O=C(CCCc1nnc(C(=O)Nc2ccccc2)s1)NCc1ccccn1. The van der Waals surface area contributed by atoms with E-state index >= 15 is 0 Å². The molecule has 3 rings (SSSR count). The van der Waals surface area contributed by atoms with Crippen LogP contribution in [0.1, 0.15) is 33.3 Å². The Labute approximate surface area is 160 Å². The molecule has 1 aromatic carbocycles. The fourth-order valence-corrected chi connectivity index (χ4v) is 3.11. The number of carbonyl (C=O) groups excluding carboxylic acids is 2. The molecule has 2 N–H and O–H groups in total. The molecule has 3 aromatic rings. The molecule has 0 bridgehead atoms. The molecule has 27 heavy (non-hydrogen) atoms. The maximum Gasteiger partial charge on any atom is 0.286 e. The quantitative estimate of drug-likeness (QED) is 0.625. The molecule has 0 fully saturated rings. The van der Waals surface area contributed by atoms with Crippen molar-refractivity contribution in [3.05, 3.63) is 70.4 Å². The van der Waals surface area contributed by atoms with Gasteiger partial charge in [-0.25, -0.2) is 0 Å². The van der Waals surface area contributed by atoms with Crippen molar-refractivity contribution in [3.8, 4) is 0 Å². The molecular formula is C19H19N5O2S. The van der Waals surface area contributed by atoms with Gasteiger partial charge in [0.15, 0.2) is 0 Å². The number of amides is 2. The molecule has 2 heterocycles. The fourth-order valence-electron chi connectivity index (χ4n) is 2.33. The van der Waals surface area contributed by atoms with E-state index in [1.54, 1.807) is 6.20 Å². The van der Waals surface area contributed by atoms with Crippen LogP contribution >= 0.6 is 11.3 Å². The molecule has 8 heteroatoms. The van der Waals surface area contributed by atoms with E-state index in [0.717, 1.165) is 10.7 Å². The van der Waals surface area contributed by atoms with Crippen LogP contribution < -0.4 is 10.6 Å². The number of nitrogens with zero attached hydrogens (tertiary/aromatic N) is 3. The molecular weight excluding hydrogens is 362 g/mol. The predicted molar refractivity (Wildman–Crippen MR) is 103 cm³/mol. The van der Waals surface area contributed by atoms with Gasteiger partial charge in [-0.2, -0.15) is 0 Å². The smallest absolute Gasteiger partial charge is 0.286 e. The lowest BCUT2D eigenvalue weighted by atomic mass is 10.2. The minimum Gasteiger partial charge on any atom is -0.350 e. The largest absolute Gasteiger partial charge is 0.350 e. The molecule has 2 aromatic heterocycles. The molecule has 7 nitrogen and oxygen atoms in total. The van der Waals surface area contributed by atoms with Crippen LogP contribution in [0, 0.1) is 0 Å². The molecule has 0 radical (unpaired) electrons. The third kappa shape index (κ3) is 5.96. The Hall–Kier alpha value is -3.13. The first-order chi connectivity index (χ1) is 13.2. The first-order valence-corrected chi connectivity index (χ1v) is 9.38. The van der Waals surface area contributed by atoms with Crippen molar-refractivity contribution in [3.63, 3.8) is 0 Å². The van der Waals surface area contributed by atoms with Crippen molar-refractivity contribution in [1.29, 1.82) is 0 Å². The maximum atomic E-state index is 12.2. The summed E-state index contributed by atoms with van der Waals surface area (Å²) in [7, 11) is 0. The second-order valence-corrected chi connectivity index (χ2v) is 6.83. The first kappa shape index (κ1) is 18.7. The van der Waals surface area contributed by atoms with E-state index in [9.17, 15) is 9.59 Å². The maximum absolute atomic E-state index is 12.2. The molecule has 0 unspecified atom stereocenters. The van der Waals surface area contributed by atoms with Crippen LogP contribution in [0.15, 0.2) is 54.7 Å². The molecule has 138 valence electrons. The zero-order valence-electron chi connectivity index (χ0n) is 14.6. The van der Waals surface area contributed by atoms with Gasteiger partial charge in [0.05, 0.1) is 12.2 Å². The van der Waals surface area contributed by atoms with Crippen LogP contribution in [-0.2, 0) is 17.8 Å². The standard InChI is InChI=1S/C19H19N5O2S/c25-16(21-13-15-9-4-5-12-20-15)10-6-11-17-23-24-19(27-17)18(26)22-14-7-2-1-3-8-14/h1-5,7-9,12H,6,10-11,13H2,(H,21,25)(H,22,26). The number of nitrogens with one attached hydrogen (secondary N) is 2. The Morgan fingerprint density at radius 1 is 1.00 bits per heavy atom. The van der Waals surface area contributed by atoms with Gasteiger partial charge in [0.1, 0.15) is 5.01 Å². The van der Waals surface area contributed by atoms with E-state index < -0.39 is 0 Å². The van der Waals surface area contributed by atoms with Gasteiger partial charge in [-0.05, 0) is 30.7 Å². The Bertz CT molecular complexity index is 883. The number of pyridine rings is 1. The number of benzene rings is 1. The number of aromatic nitrogens is 3. The molecule has 0 atom stereocenters. The van der Waals surface area contributed by atoms with Crippen molar-refractivity contribution < 1.29 is 9.59 Å². The van der Waals surface area contributed by atoms with Gasteiger partial charge in [0, 0.05) is 24.7 Å². The third-order valence-corrected chi connectivity index (χ3v) is 4.66. The molecule has 0 aliphatic carbocycles. The number of rotatable bonds is 8. The summed E-state index contributed by atoms with van der Waals surface area (Å²) in [6.07, 6.45) is 3.33. The molecule has 0 aliphatic rings. The number of hydrogen-bond acceptors (Lipinski definition) is 6. The summed E-state index contributed by atoms with van der Waals surface area (Å²) in [6.45, 7) is 0.419. The van der Waals surface area contributed by atoms with Crippen LogP contribution in [0.3, 0.4) is 0 Å². The fraction of sp³-hybridized carbons (Fsp3) is 0.211. The van der Waals surface area contributed by atoms with Gasteiger partial charge in [0.25, 0.3) is 5.91 Å². The van der Waals surface area contributed by atoms with Gasteiger partial charge in [-0.15, -0.1) is 10.2 Å². The van der Waals surface area contributed by atoms with Gasteiger partial charge in [-0.1, -0.05) is 35.6 Å². The number of hydrogen-bond donors (Lipinski definition) is 2. The second kappa shape index (κ2) is 9.54. The van der Waals surface area contributed by atoms with E-state index in [2.05, 4.69) is 25.8 Å². The Kier molecular flexibility index (Phi) is 6.59. The highest BCUT2D eigenvalue weighted by molar-refractivity contribution is 7.13. The van der Waals surface area contributed by atoms with Crippen molar-refractivity contribution in [2.24, 2.45) is 0 Å². The average Bonchev–Trinajstić information content (AvgIpc) is 3.17. The summed E-state index contributed by atoms with van der Waals surface area (Å²) in [6, 6.07) is 14.8. The minimum absolute atomic E-state index is 0.0350. The van der Waals surface area contributed by atoms with Gasteiger partial charge < -0.3 is 10.6 Å². The van der Waals surface area contributed by atoms with E-state index in [4.69, 9.17) is 0 Å². The molecule has 2 amide bonds. The molecule has 0 saturated carbocycles. The predicted octanol–water partition coefficient (Wildman–Crippen LogP) is 2.82. The highest BCUT2D eigenvalue weighted by Gasteiger charge is 2.13. The van der Waals surface area contributed by atoms with E-state index in [1.165, 1.54) is 11.3 Å². The van der Waals surface area contributed by atoms with Crippen LogP contribution in [0.4, 0.5) is 5.69 Å². The van der Waals surface area contributed by atoms with Gasteiger partial charge in [-0.3, -0.25) is 14.6 Å². The lowest BCUT2D eigenvalue weighted by Crippen LogP contribution is -2.22. The zero-order valence-corrected chi connectivity index (χ0v) is 15.4. The van der Waals surface area contributed by atoms with E-state index in [1.807, 2.05) is 48.5 Å². The number of carbonyl (C=O) groups is 2. The van der Waals surface area contributed by atoms with Crippen LogP contribution in [-0.4, -0.2) is 27.0 Å². The van der Waals surface area contributed by atoms with Crippen molar-refractivity contribution in [2.75, 3.05) is 5.32 Å². The number of para-hydroxylation sites is 1. The summed E-state index contributed by atoms with van der Waals surface area (Å²) >= 11 is 1.25. The third-order valence-electron chi connectivity index (χ3n) is 3.68. The summed E-state index contributed by atoms with van der Waals surface area (Å²) in [5.74, 6) is -0.315. The molecule has 0 aliphatic heterocycles. The number of anilines is 1. The minimum atomic E-state index is -0.280. The highest BCUT2D eigenvalue weighted by Crippen LogP contribution is 2.15. The lowest BCUT2D eigenvalue weighted by molar-refractivity contribution is -0.121. The highest BCUT2D eigenvalue weighted by atomic mass is 32.1. The normalized spacial score (nSPS) is 10.4. The molecule has 0 saturated heterocycles. The summed E-state index contributed by atoms with van der Waals surface area (Å²) < 4.78 is 0. The number of aryl methyl sites for hydroxylation is 1. The topological polar surface area (TPSA) is 96.9 Å². The van der Waals surface area contributed by atoms with Crippen LogP contribution in [0.5, 0.6) is 0 Å². The van der Waals surface area contributed by atoms with Crippen molar-refractivity contribution >= 4 is 28.8 Å².